The molecule has 20 heavy (non-hydrogen) atoms. The molecule has 0 bridgehead atoms. The van der Waals surface area contributed by atoms with Crippen molar-refractivity contribution in [3.8, 4) is 0 Å². The maximum atomic E-state index is 12.2. The molecular formula is C17H21NO2. The summed E-state index contributed by atoms with van der Waals surface area (Å²) in [5, 5.41) is 1.01. The standard InChI is InChI=1S/C17H21NO2/c19-15(9-12-18-10-5-1-2-6-11-18)17-13-14-7-3-4-8-16(14)20-17/h3-4,7-8,13H,1-2,5-6,9-12H2. The minimum Gasteiger partial charge on any atom is -0.453 e. The molecule has 2 aromatic rings. The second-order valence-corrected chi connectivity index (χ2v) is 5.58. The molecule has 1 aliphatic rings. The number of carbonyl (C=O) groups excluding carboxylic acids is 1. The molecule has 2 heterocycles. The fourth-order valence-electron chi connectivity index (χ4n) is 2.86. The molecule has 0 aliphatic carbocycles. The number of benzene rings is 1. The number of hydrogen-bond acceptors (Lipinski definition) is 3. The summed E-state index contributed by atoms with van der Waals surface area (Å²) < 4.78 is 5.63. The molecule has 3 nitrogen and oxygen atoms in total. The Kier molecular flexibility index (Phi) is 4.16. The summed E-state index contributed by atoms with van der Waals surface area (Å²) in [7, 11) is 0. The molecule has 1 aliphatic heterocycles. The number of rotatable bonds is 4. The maximum absolute atomic E-state index is 12.2. The van der Waals surface area contributed by atoms with Crippen LogP contribution in [-0.4, -0.2) is 30.3 Å². The van der Waals surface area contributed by atoms with Crippen molar-refractivity contribution in [1.82, 2.24) is 4.90 Å². The van der Waals surface area contributed by atoms with Crippen LogP contribution in [0.2, 0.25) is 0 Å². The van der Waals surface area contributed by atoms with Crippen LogP contribution < -0.4 is 0 Å². The van der Waals surface area contributed by atoms with Gasteiger partial charge in [0.1, 0.15) is 5.58 Å². The number of fused-ring (bicyclic) bond motifs is 1. The van der Waals surface area contributed by atoms with Gasteiger partial charge in [0.15, 0.2) is 11.5 Å². The molecule has 1 aromatic carbocycles. The van der Waals surface area contributed by atoms with E-state index in [1.807, 2.05) is 30.3 Å². The van der Waals surface area contributed by atoms with Crippen molar-refractivity contribution in [2.45, 2.75) is 32.1 Å². The Morgan fingerprint density at radius 1 is 1.10 bits per heavy atom. The normalized spacial score (nSPS) is 17.2. The average Bonchev–Trinajstić information content (AvgIpc) is 2.74. The van der Waals surface area contributed by atoms with Crippen LogP contribution in [0.3, 0.4) is 0 Å². The van der Waals surface area contributed by atoms with Crippen molar-refractivity contribution in [1.29, 1.82) is 0 Å². The predicted octanol–water partition coefficient (Wildman–Crippen LogP) is 3.88. The van der Waals surface area contributed by atoms with Gasteiger partial charge in [0, 0.05) is 18.4 Å². The lowest BCUT2D eigenvalue weighted by atomic mass is 10.2. The minimum atomic E-state index is 0.116. The van der Waals surface area contributed by atoms with E-state index in [1.54, 1.807) is 0 Å². The average molecular weight is 271 g/mol. The Balaban J connectivity index is 1.60. The van der Waals surface area contributed by atoms with E-state index in [2.05, 4.69) is 4.90 Å². The van der Waals surface area contributed by atoms with Gasteiger partial charge in [-0.05, 0) is 38.1 Å². The van der Waals surface area contributed by atoms with Crippen molar-refractivity contribution >= 4 is 16.8 Å². The predicted molar refractivity (Wildman–Crippen MR) is 80.1 cm³/mol. The van der Waals surface area contributed by atoms with E-state index in [4.69, 9.17) is 4.42 Å². The van der Waals surface area contributed by atoms with Gasteiger partial charge in [-0.25, -0.2) is 0 Å². The fraction of sp³-hybridized carbons (Fsp3) is 0.471. The maximum Gasteiger partial charge on any atom is 0.199 e. The molecule has 3 heteroatoms. The molecule has 0 saturated carbocycles. The number of para-hydroxylation sites is 1. The van der Waals surface area contributed by atoms with Crippen molar-refractivity contribution < 1.29 is 9.21 Å². The van der Waals surface area contributed by atoms with Crippen LogP contribution >= 0.6 is 0 Å². The molecule has 1 aromatic heterocycles. The summed E-state index contributed by atoms with van der Waals surface area (Å²) in [4.78, 5) is 14.6. The summed E-state index contributed by atoms with van der Waals surface area (Å²) in [6, 6.07) is 9.63. The third kappa shape index (κ3) is 3.10. The van der Waals surface area contributed by atoms with Gasteiger partial charge in [-0.3, -0.25) is 4.79 Å². The number of ketones is 1. The SMILES string of the molecule is O=C(CCN1CCCCCC1)c1cc2ccccc2o1. The van der Waals surface area contributed by atoms with Crippen LogP contribution in [0.25, 0.3) is 11.0 Å². The Bertz CT molecular complexity index is 546. The van der Waals surface area contributed by atoms with Crippen LogP contribution in [0, 0.1) is 0 Å². The van der Waals surface area contributed by atoms with Crippen molar-refractivity contribution in [3.05, 3.63) is 36.1 Å². The van der Waals surface area contributed by atoms with Gasteiger partial charge < -0.3 is 9.32 Å². The van der Waals surface area contributed by atoms with Gasteiger partial charge in [-0.2, -0.15) is 0 Å². The molecule has 1 saturated heterocycles. The highest BCUT2D eigenvalue weighted by Crippen LogP contribution is 2.20. The zero-order valence-corrected chi connectivity index (χ0v) is 11.8. The monoisotopic (exact) mass is 271 g/mol. The quantitative estimate of drug-likeness (QED) is 0.791. The lowest BCUT2D eigenvalue weighted by molar-refractivity contribution is 0.0940. The molecule has 0 unspecified atom stereocenters. The van der Waals surface area contributed by atoms with Gasteiger partial charge in [-0.15, -0.1) is 0 Å². The molecule has 0 spiro atoms. The van der Waals surface area contributed by atoms with Crippen LogP contribution in [0.1, 0.15) is 42.7 Å². The van der Waals surface area contributed by atoms with E-state index >= 15 is 0 Å². The van der Waals surface area contributed by atoms with Gasteiger partial charge in [0.25, 0.3) is 0 Å². The first-order chi connectivity index (χ1) is 9.83. The lowest BCUT2D eigenvalue weighted by Crippen LogP contribution is -2.27. The molecule has 1 fully saturated rings. The highest BCUT2D eigenvalue weighted by atomic mass is 16.3. The Labute approximate surface area is 119 Å². The highest BCUT2D eigenvalue weighted by molar-refractivity contribution is 5.97. The summed E-state index contributed by atoms with van der Waals surface area (Å²) in [5.74, 6) is 0.617. The highest BCUT2D eigenvalue weighted by Gasteiger charge is 2.15. The van der Waals surface area contributed by atoms with Gasteiger partial charge in [0.2, 0.25) is 0 Å². The zero-order valence-electron chi connectivity index (χ0n) is 11.8. The summed E-state index contributed by atoms with van der Waals surface area (Å²) in [5.41, 5.74) is 0.797. The van der Waals surface area contributed by atoms with Crippen molar-refractivity contribution in [3.63, 3.8) is 0 Å². The molecule has 0 radical (unpaired) electrons. The van der Waals surface area contributed by atoms with Gasteiger partial charge >= 0.3 is 0 Å². The lowest BCUT2D eigenvalue weighted by Gasteiger charge is -2.18. The number of hydrogen-bond donors (Lipinski definition) is 0. The number of nitrogens with zero attached hydrogens (tertiary/aromatic N) is 1. The molecule has 0 amide bonds. The van der Waals surface area contributed by atoms with Crippen LogP contribution in [0.5, 0.6) is 0 Å². The van der Waals surface area contributed by atoms with E-state index in [1.165, 1.54) is 25.7 Å². The third-order valence-electron chi connectivity index (χ3n) is 4.05. The van der Waals surface area contributed by atoms with E-state index in [0.717, 1.165) is 30.6 Å². The summed E-state index contributed by atoms with van der Waals surface area (Å²) in [6.07, 6.45) is 5.74. The number of furan rings is 1. The van der Waals surface area contributed by atoms with Crippen molar-refractivity contribution in [2.24, 2.45) is 0 Å². The van der Waals surface area contributed by atoms with E-state index in [-0.39, 0.29) is 5.78 Å². The molecule has 3 rings (SSSR count). The van der Waals surface area contributed by atoms with Gasteiger partial charge in [-0.1, -0.05) is 31.0 Å². The molecular weight excluding hydrogens is 250 g/mol. The Morgan fingerprint density at radius 2 is 1.85 bits per heavy atom. The smallest absolute Gasteiger partial charge is 0.199 e. The van der Waals surface area contributed by atoms with Crippen LogP contribution in [0.15, 0.2) is 34.7 Å². The topological polar surface area (TPSA) is 33.5 Å². The second kappa shape index (κ2) is 6.23. The summed E-state index contributed by atoms with van der Waals surface area (Å²) in [6.45, 7) is 3.12. The van der Waals surface area contributed by atoms with Crippen LogP contribution in [0.4, 0.5) is 0 Å². The third-order valence-corrected chi connectivity index (χ3v) is 4.05. The number of Topliss-reactive ketones (excluding diaryl/α,β-unsaturated/α-hetero) is 1. The summed E-state index contributed by atoms with van der Waals surface area (Å²) >= 11 is 0. The van der Waals surface area contributed by atoms with Gasteiger partial charge in [0.05, 0.1) is 0 Å². The largest absolute Gasteiger partial charge is 0.453 e. The first-order valence-corrected chi connectivity index (χ1v) is 7.57. The molecule has 0 N–H and O–H groups in total. The Morgan fingerprint density at radius 3 is 2.60 bits per heavy atom. The van der Waals surface area contributed by atoms with E-state index in [0.29, 0.717) is 12.2 Å². The number of likely N-dealkylation sites (tertiary alicyclic amines) is 1. The first kappa shape index (κ1) is 13.4. The number of carbonyl (C=O) groups is 1. The first-order valence-electron chi connectivity index (χ1n) is 7.57. The van der Waals surface area contributed by atoms with E-state index in [9.17, 15) is 4.79 Å². The van der Waals surface area contributed by atoms with Crippen molar-refractivity contribution in [2.75, 3.05) is 19.6 Å². The fourth-order valence-corrected chi connectivity index (χ4v) is 2.86. The molecule has 106 valence electrons. The molecule has 0 atom stereocenters. The zero-order chi connectivity index (χ0) is 13.8. The Hall–Kier alpha value is -1.61. The van der Waals surface area contributed by atoms with Crippen LogP contribution in [-0.2, 0) is 0 Å². The van der Waals surface area contributed by atoms with E-state index < -0.39 is 0 Å². The minimum absolute atomic E-state index is 0.116. The second-order valence-electron chi connectivity index (χ2n) is 5.58.